The molecule has 9 nitrogen and oxygen atoms in total. The molecule has 15 heteroatoms. The van der Waals surface area contributed by atoms with Crippen molar-refractivity contribution in [2.45, 2.75) is 25.7 Å². The number of hydrogen-bond acceptors (Lipinski definition) is 9. The molecule has 0 saturated carbocycles. The van der Waals surface area contributed by atoms with Crippen LogP contribution in [0.5, 0.6) is 11.5 Å². The lowest BCUT2D eigenvalue weighted by Crippen LogP contribution is -2.20. The van der Waals surface area contributed by atoms with Crippen LogP contribution >= 0.6 is 22.7 Å². The lowest BCUT2D eigenvalue weighted by molar-refractivity contribution is -0.137. The molecule has 42 heavy (non-hydrogen) atoms. The quantitative estimate of drug-likeness (QED) is 0.131. The molecule has 4 rings (SSSR count). The summed E-state index contributed by atoms with van der Waals surface area (Å²) < 4.78 is 69.0. The summed E-state index contributed by atoms with van der Waals surface area (Å²) >= 11 is 1.51. The number of rotatable bonds is 14. The Bertz CT molecular complexity index is 1630. The van der Waals surface area contributed by atoms with Crippen molar-refractivity contribution in [1.29, 1.82) is 0 Å². The summed E-state index contributed by atoms with van der Waals surface area (Å²) in [6.45, 7) is -1.89. The monoisotopic (exact) mass is 626 g/mol. The number of benzene rings is 2. The average molecular weight is 627 g/mol. The molecule has 0 bridgehead atoms. The van der Waals surface area contributed by atoms with Gasteiger partial charge >= 0.3 is 11.9 Å². The first-order valence-corrected chi connectivity index (χ1v) is 13.6. The van der Waals surface area contributed by atoms with E-state index in [1.165, 1.54) is 0 Å². The molecule has 0 unspecified atom stereocenters. The Morgan fingerprint density at radius 1 is 0.619 bits per heavy atom. The fourth-order valence-corrected chi connectivity index (χ4v) is 5.86. The molecule has 0 amide bonds. The van der Waals surface area contributed by atoms with E-state index in [1.54, 1.807) is 0 Å². The Kier molecular flexibility index (Phi) is 9.21. The second-order valence-corrected chi connectivity index (χ2v) is 11.0. The van der Waals surface area contributed by atoms with Gasteiger partial charge in [0.1, 0.15) is 0 Å². The first-order chi connectivity index (χ1) is 19.8. The fourth-order valence-electron chi connectivity index (χ4n) is 3.76. The number of fused-ring (bicyclic) bond motifs is 2. The predicted molar refractivity (Wildman–Crippen MR) is 142 cm³/mol. The molecular weight excluding hydrogens is 608 g/mol. The van der Waals surface area contributed by atoms with Gasteiger partial charge in [-0.05, 0) is 24.3 Å². The number of carboxylic acid groups (broad SMARTS) is 2. The molecule has 0 spiro atoms. The van der Waals surface area contributed by atoms with Crippen molar-refractivity contribution in [2.24, 2.45) is 0 Å². The number of Topliss-reactive ketones (excluding diaryl/α,β-unsaturated/α-hetero) is 3. The molecule has 2 heterocycles. The summed E-state index contributed by atoms with van der Waals surface area (Å²) in [6.07, 6.45) is -1.55. The van der Waals surface area contributed by atoms with Crippen LogP contribution in [0.4, 0.5) is 17.6 Å². The smallest absolute Gasteiger partial charge is 0.303 e. The van der Waals surface area contributed by atoms with Crippen LogP contribution in [-0.4, -0.2) is 52.7 Å². The molecule has 4 aromatic rings. The Morgan fingerprint density at radius 3 is 1.36 bits per heavy atom. The summed E-state index contributed by atoms with van der Waals surface area (Å²) in [4.78, 5) is 58.0. The van der Waals surface area contributed by atoms with E-state index in [2.05, 4.69) is 0 Å². The zero-order valence-corrected chi connectivity index (χ0v) is 22.8. The van der Waals surface area contributed by atoms with Gasteiger partial charge in [-0.3, -0.25) is 24.0 Å². The van der Waals surface area contributed by atoms with Crippen molar-refractivity contribution in [3.63, 3.8) is 0 Å². The van der Waals surface area contributed by atoms with E-state index in [0.29, 0.717) is 0 Å². The van der Waals surface area contributed by atoms with E-state index in [-0.39, 0.29) is 42.8 Å². The minimum Gasteiger partial charge on any atom is -0.481 e. The molecule has 0 radical (unpaired) electrons. The molecular formula is C27H18F4O9S2. The minimum atomic E-state index is -1.21. The van der Waals surface area contributed by atoms with Crippen LogP contribution in [0.25, 0.3) is 20.2 Å². The maximum Gasteiger partial charge on any atom is 0.303 e. The number of thiophene rings is 2. The van der Waals surface area contributed by atoms with Crippen molar-refractivity contribution in [3.05, 3.63) is 57.3 Å². The molecule has 2 aromatic heterocycles. The normalized spacial score (nSPS) is 11.1. The van der Waals surface area contributed by atoms with Crippen LogP contribution in [0.15, 0.2) is 24.3 Å². The zero-order valence-electron chi connectivity index (χ0n) is 21.1. The molecule has 0 aliphatic heterocycles. The van der Waals surface area contributed by atoms with Crippen molar-refractivity contribution in [3.8, 4) is 11.5 Å². The summed E-state index contributed by atoms with van der Waals surface area (Å²) in [6, 6.07) is 4.01. The molecule has 0 fully saturated rings. The highest BCUT2D eigenvalue weighted by Gasteiger charge is 2.23. The molecule has 0 aliphatic rings. The van der Waals surface area contributed by atoms with Gasteiger partial charge in [0.15, 0.2) is 59.5 Å². The lowest BCUT2D eigenvalue weighted by atomic mass is 10.1. The van der Waals surface area contributed by atoms with Crippen molar-refractivity contribution in [1.82, 2.24) is 0 Å². The van der Waals surface area contributed by atoms with Crippen LogP contribution < -0.4 is 9.47 Å². The number of carbonyl (C=O) groups excluding carboxylic acids is 3. The standard InChI is InChI=1S/C27H18F4O9S2/c28-14-7-18-12(5-20(41-18)16(33)1-3-22(35)36)24(30)26(14)39-9-11(32)10-40-27-15(29)8-19-13(25(27)31)6-21(42-19)17(34)2-4-23(37)38/h5-8H,1-4,9-10H2,(H,35,36)(H,37,38). The lowest BCUT2D eigenvalue weighted by Gasteiger charge is -2.10. The number of hydrogen-bond donors (Lipinski definition) is 2. The summed E-state index contributed by atoms with van der Waals surface area (Å²) in [5, 5.41) is 17.1. The van der Waals surface area contributed by atoms with E-state index in [4.69, 9.17) is 19.7 Å². The van der Waals surface area contributed by atoms with Gasteiger partial charge in [-0.15, -0.1) is 22.7 Å². The van der Waals surface area contributed by atoms with Crippen molar-refractivity contribution >= 4 is 72.1 Å². The fraction of sp³-hybridized carbons (Fsp3) is 0.222. The Morgan fingerprint density at radius 2 is 1.00 bits per heavy atom. The maximum absolute atomic E-state index is 15.0. The zero-order chi connectivity index (χ0) is 30.7. The highest BCUT2D eigenvalue weighted by atomic mass is 32.1. The third-order valence-electron chi connectivity index (χ3n) is 5.78. The second-order valence-electron chi connectivity index (χ2n) is 8.80. The molecule has 0 atom stereocenters. The number of carboxylic acids is 2. The molecule has 2 aromatic carbocycles. The second kappa shape index (κ2) is 12.7. The van der Waals surface area contributed by atoms with Crippen LogP contribution in [0.1, 0.15) is 45.0 Å². The van der Waals surface area contributed by atoms with E-state index in [9.17, 15) is 41.5 Å². The summed E-state index contributed by atoms with van der Waals surface area (Å²) in [5.74, 6) is -11.1. The predicted octanol–water partition coefficient (Wildman–Crippen LogP) is 5.79. The Balaban J connectivity index is 1.43. The average Bonchev–Trinajstić information content (AvgIpc) is 3.55. The summed E-state index contributed by atoms with van der Waals surface area (Å²) in [5.41, 5.74) is 0. The molecule has 0 aliphatic carbocycles. The van der Waals surface area contributed by atoms with E-state index in [0.717, 1.165) is 46.9 Å². The topological polar surface area (TPSA) is 144 Å². The van der Waals surface area contributed by atoms with Crippen LogP contribution in [0.3, 0.4) is 0 Å². The molecule has 2 N–H and O–H groups in total. The van der Waals surface area contributed by atoms with E-state index in [1.807, 2.05) is 0 Å². The minimum absolute atomic E-state index is 0.00886. The molecule has 0 saturated heterocycles. The third-order valence-corrected chi connectivity index (χ3v) is 8.03. The number of carbonyl (C=O) groups is 5. The number of aliphatic carboxylic acids is 2. The summed E-state index contributed by atoms with van der Waals surface area (Å²) in [7, 11) is 0. The van der Waals surface area contributed by atoms with Crippen LogP contribution in [-0.2, 0) is 14.4 Å². The first-order valence-electron chi connectivity index (χ1n) is 12.0. The SMILES string of the molecule is O=C(O)CCC(=O)c1cc2c(F)c(OCC(=O)COc3c(F)cc4sc(C(=O)CCC(=O)O)cc4c3F)c(F)cc2s1. The van der Waals surface area contributed by atoms with Crippen LogP contribution in [0.2, 0.25) is 0 Å². The van der Waals surface area contributed by atoms with Gasteiger partial charge in [-0.25, -0.2) is 17.6 Å². The number of ether oxygens (including phenoxy) is 2. The van der Waals surface area contributed by atoms with Gasteiger partial charge in [-0.1, -0.05) is 0 Å². The van der Waals surface area contributed by atoms with Crippen molar-refractivity contribution < 1.29 is 61.2 Å². The molecule has 220 valence electrons. The van der Waals surface area contributed by atoms with E-state index < -0.39 is 90.1 Å². The largest absolute Gasteiger partial charge is 0.481 e. The number of ketones is 3. The van der Waals surface area contributed by atoms with Gasteiger partial charge in [0.05, 0.1) is 22.6 Å². The van der Waals surface area contributed by atoms with Gasteiger partial charge in [0.2, 0.25) is 5.78 Å². The van der Waals surface area contributed by atoms with Gasteiger partial charge in [0, 0.05) is 33.0 Å². The van der Waals surface area contributed by atoms with Gasteiger partial charge in [-0.2, -0.15) is 0 Å². The number of halogens is 4. The Hall–Kier alpha value is -4.37. The third kappa shape index (κ3) is 6.74. The van der Waals surface area contributed by atoms with E-state index >= 15 is 0 Å². The van der Waals surface area contributed by atoms with Gasteiger partial charge in [0.25, 0.3) is 0 Å². The highest BCUT2D eigenvalue weighted by molar-refractivity contribution is 7.21. The maximum atomic E-state index is 15.0. The van der Waals surface area contributed by atoms with Gasteiger partial charge < -0.3 is 19.7 Å². The highest BCUT2D eigenvalue weighted by Crippen LogP contribution is 2.37. The van der Waals surface area contributed by atoms with Crippen molar-refractivity contribution in [2.75, 3.05) is 13.2 Å². The van der Waals surface area contributed by atoms with Crippen LogP contribution in [0, 0.1) is 23.3 Å². The first kappa shape index (κ1) is 30.6. The Labute approximate surface area is 240 Å².